The van der Waals surface area contributed by atoms with Gasteiger partial charge in [0.2, 0.25) is 0 Å². The number of esters is 1. The van der Waals surface area contributed by atoms with E-state index in [0.717, 1.165) is 7.11 Å². The minimum Gasteiger partial charge on any atom is -0.496 e. The Morgan fingerprint density at radius 3 is 2.40 bits per heavy atom. The van der Waals surface area contributed by atoms with E-state index < -0.39 is 30.6 Å². The van der Waals surface area contributed by atoms with Crippen LogP contribution in [0.2, 0.25) is 0 Å². The molecule has 1 aromatic rings. The van der Waals surface area contributed by atoms with E-state index in [1.807, 2.05) is 0 Å². The first-order valence-corrected chi connectivity index (χ1v) is 5.75. The summed E-state index contributed by atoms with van der Waals surface area (Å²) in [6.45, 7) is 0. The van der Waals surface area contributed by atoms with Crippen molar-refractivity contribution in [2.45, 2.75) is 18.6 Å². The zero-order valence-corrected chi connectivity index (χ0v) is 11.1. The molecule has 0 aliphatic rings. The first kappa shape index (κ1) is 15.9. The van der Waals surface area contributed by atoms with Crippen LogP contribution in [0.25, 0.3) is 0 Å². The van der Waals surface area contributed by atoms with E-state index in [1.165, 1.54) is 25.3 Å². The Kier molecular flexibility index (Phi) is 5.48. The molecular weight excluding hydrogens is 268 g/mol. The van der Waals surface area contributed by atoms with E-state index in [2.05, 4.69) is 4.74 Å². The van der Waals surface area contributed by atoms with Crippen LogP contribution in [-0.4, -0.2) is 47.6 Å². The molecule has 0 amide bonds. The fourth-order valence-corrected chi connectivity index (χ4v) is 1.77. The molecule has 0 spiro atoms. The molecule has 0 fully saturated rings. The molecule has 0 bridgehead atoms. The van der Waals surface area contributed by atoms with Gasteiger partial charge in [-0.25, -0.2) is 4.79 Å². The summed E-state index contributed by atoms with van der Waals surface area (Å²) in [6.07, 6.45) is -3.48. The number of methoxy groups -OCH3 is 2. The van der Waals surface area contributed by atoms with Crippen molar-refractivity contribution >= 4 is 11.9 Å². The number of ether oxygens (including phenoxy) is 2. The van der Waals surface area contributed by atoms with Crippen molar-refractivity contribution in [3.05, 3.63) is 29.3 Å². The lowest BCUT2D eigenvalue weighted by atomic mass is 9.96. The highest BCUT2D eigenvalue weighted by Gasteiger charge is 2.27. The topological polar surface area (TPSA) is 113 Å². The van der Waals surface area contributed by atoms with E-state index in [-0.39, 0.29) is 16.9 Å². The number of carboxylic acids is 1. The Balaban J connectivity index is 3.12. The normalized spacial score (nSPS) is 13.4. The van der Waals surface area contributed by atoms with Gasteiger partial charge in [0.15, 0.2) is 0 Å². The number of carbonyl (C=O) groups excluding carboxylic acids is 1. The Morgan fingerprint density at radius 1 is 1.25 bits per heavy atom. The van der Waals surface area contributed by atoms with Crippen LogP contribution in [0.1, 0.15) is 28.4 Å². The lowest BCUT2D eigenvalue weighted by molar-refractivity contribution is -0.144. The second-order valence-corrected chi connectivity index (χ2v) is 4.02. The molecule has 0 radical (unpaired) electrons. The number of hydrogen-bond donors (Lipinski definition) is 3. The highest BCUT2D eigenvalue weighted by Crippen LogP contribution is 2.29. The van der Waals surface area contributed by atoms with Gasteiger partial charge in [-0.2, -0.15) is 0 Å². The summed E-state index contributed by atoms with van der Waals surface area (Å²) in [4.78, 5) is 22.3. The number of benzene rings is 1. The molecule has 0 heterocycles. The number of rotatable bonds is 6. The fourth-order valence-electron chi connectivity index (χ4n) is 1.77. The predicted molar refractivity (Wildman–Crippen MR) is 67.6 cm³/mol. The zero-order chi connectivity index (χ0) is 15.3. The quantitative estimate of drug-likeness (QED) is 0.646. The standard InChI is InChI=1S/C13H16O7/c1-19-9-5-3-4-7(11(9)13(17)18)12(16)8(14)6-10(15)20-2/h3-5,8,12,14,16H,6H2,1-2H3,(H,17,18). The molecule has 1 aromatic carbocycles. The SMILES string of the molecule is COC(=O)CC(O)C(O)c1cccc(OC)c1C(=O)O. The van der Waals surface area contributed by atoms with Crippen LogP contribution < -0.4 is 4.74 Å². The average Bonchev–Trinajstić information content (AvgIpc) is 2.44. The van der Waals surface area contributed by atoms with Crippen molar-refractivity contribution in [3.8, 4) is 5.75 Å². The van der Waals surface area contributed by atoms with Crippen molar-refractivity contribution in [3.63, 3.8) is 0 Å². The summed E-state index contributed by atoms with van der Waals surface area (Å²) in [5, 5.41) is 28.9. The molecule has 7 nitrogen and oxygen atoms in total. The molecular formula is C13H16O7. The smallest absolute Gasteiger partial charge is 0.339 e. The summed E-state index contributed by atoms with van der Waals surface area (Å²) in [5.41, 5.74) is -0.292. The third-order valence-corrected chi connectivity index (χ3v) is 2.78. The number of hydrogen-bond acceptors (Lipinski definition) is 6. The number of aliphatic hydroxyl groups is 2. The molecule has 0 aliphatic carbocycles. The van der Waals surface area contributed by atoms with Crippen LogP contribution in [0.5, 0.6) is 5.75 Å². The third-order valence-electron chi connectivity index (χ3n) is 2.78. The summed E-state index contributed by atoms with van der Waals surface area (Å²) < 4.78 is 9.29. The monoisotopic (exact) mass is 284 g/mol. The molecule has 0 aromatic heterocycles. The molecule has 2 atom stereocenters. The van der Waals surface area contributed by atoms with Gasteiger partial charge >= 0.3 is 11.9 Å². The molecule has 0 saturated heterocycles. The molecule has 20 heavy (non-hydrogen) atoms. The van der Waals surface area contributed by atoms with Gasteiger partial charge in [0.05, 0.1) is 26.7 Å². The summed E-state index contributed by atoms with van der Waals surface area (Å²) in [5.74, 6) is -1.96. The molecule has 0 saturated carbocycles. The number of aliphatic hydroxyl groups excluding tert-OH is 2. The van der Waals surface area contributed by atoms with Crippen LogP contribution in [0.15, 0.2) is 18.2 Å². The van der Waals surface area contributed by atoms with E-state index in [0.29, 0.717) is 0 Å². The van der Waals surface area contributed by atoms with Crippen LogP contribution in [0.3, 0.4) is 0 Å². The van der Waals surface area contributed by atoms with Gasteiger partial charge in [0, 0.05) is 5.56 Å². The van der Waals surface area contributed by atoms with Gasteiger partial charge in [0.1, 0.15) is 17.4 Å². The molecule has 3 N–H and O–H groups in total. The minimum atomic E-state index is -1.55. The second-order valence-electron chi connectivity index (χ2n) is 4.02. The molecule has 0 aliphatic heterocycles. The summed E-state index contributed by atoms with van der Waals surface area (Å²) >= 11 is 0. The van der Waals surface area contributed by atoms with Gasteiger partial charge in [-0.15, -0.1) is 0 Å². The lowest BCUT2D eigenvalue weighted by Gasteiger charge is -2.20. The highest BCUT2D eigenvalue weighted by atomic mass is 16.5. The largest absolute Gasteiger partial charge is 0.496 e. The Bertz CT molecular complexity index is 497. The maximum atomic E-state index is 11.2. The third kappa shape index (κ3) is 3.46. The van der Waals surface area contributed by atoms with Crippen LogP contribution in [0.4, 0.5) is 0 Å². The van der Waals surface area contributed by atoms with E-state index in [4.69, 9.17) is 4.74 Å². The molecule has 110 valence electrons. The van der Waals surface area contributed by atoms with E-state index in [9.17, 15) is 24.9 Å². The lowest BCUT2D eigenvalue weighted by Crippen LogP contribution is -2.24. The van der Waals surface area contributed by atoms with Crippen LogP contribution in [0, 0.1) is 0 Å². The Hall–Kier alpha value is -2.12. The molecule has 7 heteroatoms. The fraction of sp³-hybridized carbons (Fsp3) is 0.385. The maximum absolute atomic E-state index is 11.2. The number of aromatic carboxylic acids is 1. The highest BCUT2D eigenvalue weighted by molar-refractivity contribution is 5.93. The van der Waals surface area contributed by atoms with Crippen molar-refractivity contribution in [2.24, 2.45) is 0 Å². The summed E-state index contributed by atoms with van der Waals surface area (Å²) in [7, 11) is 2.44. The van der Waals surface area contributed by atoms with Gasteiger partial charge < -0.3 is 24.8 Å². The van der Waals surface area contributed by atoms with E-state index in [1.54, 1.807) is 0 Å². The molecule has 1 rings (SSSR count). The van der Waals surface area contributed by atoms with Crippen LogP contribution >= 0.6 is 0 Å². The van der Waals surface area contributed by atoms with Crippen molar-refractivity contribution < 1.29 is 34.4 Å². The predicted octanol–water partition coefficient (Wildman–Crippen LogP) is 0.351. The Morgan fingerprint density at radius 2 is 1.90 bits per heavy atom. The zero-order valence-electron chi connectivity index (χ0n) is 11.1. The number of carboxylic acid groups (broad SMARTS) is 1. The van der Waals surface area contributed by atoms with Gasteiger partial charge in [-0.3, -0.25) is 4.79 Å². The van der Waals surface area contributed by atoms with Gasteiger partial charge in [0.25, 0.3) is 0 Å². The van der Waals surface area contributed by atoms with Crippen LogP contribution in [-0.2, 0) is 9.53 Å². The first-order chi connectivity index (χ1) is 9.42. The average molecular weight is 284 g/mol. The molecule has 2 unspecified atom stereocenters. The van der Waals surface area contributed by atoms with Gasteiger partial charge in [-0.1, -0.05) is 12.1 Å². The Labute approximate surface area is 115 Å². The maximum Gasteiger partial charge on any atom is 0.339 e. The van der Waals surface area contributed by atoms with Gasteiger partial charge in [-0.05, 0) is 6.07 Å². The van der Waals surface area contributed by atoms with Crippen molar-refractivity contribution in [2.75, 3.05) is 14.2 Å². The minimum absolute atomic E-state index is 0.0340. The van der Waals surface area contributed by atoms with Crippen molar-refractivity contribution in [1.29, 1.82) is 0 Å². The van der Waals surface area contributed by atoms with E-state index >= 15 is 0 Å². The summed E-state index contributed by atoms with van der Waals surface area (Å²) in [6, 6.07) is 4.25. The van der Waals surface area contributed by atoms with Crippen molar-refractivity contribution in [1.82, 2.24) is 0 Å². The first-order valence-electron chi connectivity index (χ1n) is 5.75. The number of carbonyl (C=O) groups is 2. The second kappa shape index (κ2) is 6.88.